The van der Waals surface area contributed by atoms with Gasteiger partial charge < -0.3 is 10.4 Å². The fourth-order valence-electron chi connectivity index (χ4n) is 3.75. The van der Waals surface area contributed by atoms with Crippen LogP contribution in [0.15, 0.2) is 81.7 Å². The molecule has 1 amide bonds. The fourth-order valence-corrected chi connectivity index (χ4v) is 6.23. The second kappa shape index (κ2) is 13.3. The molecular formula is C27H25F3N2O2S3. The number of halogens is 3. The molecule has 2 aromatic carbocycles. The number of amides is 1. The molecule has 4 aromatic rings. The van der Waals surface area contributed by atoms with E-state index >= 15 is 0 Å². The molecule has 4 rings (SSSR count). The average Bonchev–Trinajstić information content (AvgIpc) is 3.57. The van der Waals surface area contributed by atoms with Gasteiger partial charge in [-0.25, -0.2) is 17.5 Å². The van der Waals surface area contributed by atoms with Crippen molar-refractivity contribution < 1.29 is 23.1 Å². The number of aliphatic hydroxyl groups is 1. The van der Waals surface area contributed by atoms with E-state index in [2.05, 4.69) is 5.32 Å². The van der Waals surface area contributed by atoms with Crippen LogP contribution in [0, 0.1) is 17.5 Å². The van der Waals surface area contributed by atoms with Crippen molar-refractivity contribution in [3.05, 3.63) is 110 Å². The molecule has 4 nitrogen and oxygen atoms in total. The summed E-state index contributed by atoms with van der Waals surface area (Å²) in [5.74, 6) is -3.52. The van der Waals surface area contributed by atoms with E-state index in [0.29, 0.717) is 19.0 Å². The van der Waals surface area contributed by atoms with Gasteiger partial charge in [-0.2, -0.15) is 11.3 Å². The molecule has 37 heavy (non-hydrogen) atoms. The summed E-state index contributed by atoms with van der Waals surface area (Å²) in [7, 11) is 0. The summed E-state index contributed by atoms with van der Waals surface area (Å²) in [6, 6.07) is 15.8. The molecule has 0 bridgehead atoms. The molecule has 0 aliphatic carbocycles. The van der Waals surface area contributed by atoms with E-state index in [0.717, 1.165) is 34.0 Å². The summed E-state index contributed by atoms with van der Waals surface area (Å²) >= 11 is 3.89. The van der Waals surface area contributed by atoms with Gasteiger partial charge in [-0.1, -0.05) is 36.4 Å². The lowest BCUT2D eigenvalue weighted by molar-refractivity contribution is -0.122. The third kappa shape index (κ3) is 8.18. The van der Waals surface area contributed by atoms with E-state index in [9.17, 15) is 23.1 Å². The van der Waals surface area contributed by atoms with Gasteiger partial charge in [-0.15, -0.1) is 11.3 Å². The summed E-state index contributed by atoms with van der Waals surface area (Å²) < 4.78 is 43.4. The Hall–Kier alpha value is -2.63. The lowest BCUT2D eigenvalue weighted by Crippen LogP contribution is -2.49. The Morgan fingerprint density at radius 3 is 2.46 bits per heavy atom. The monoisotopic (exact) mass is 562 g/mol. The van der Waals surface area contributed by atoms with Gasteiger partial charge in [0.2, 0.25) is 5.91 Å². The highest BCUT2D eigenvalue weighted by atomic mass is 32.2. The first-order valence-corrected chi connectivity index (χ1v) is 14.1. The summed E-state index contributed by atoms with van der Waals surface area (Å²) in [6.45, 7) is 0.371. The van der Waals surface area contributed by atoms with Crippen LogP contribution in [0.5, 0.6) is 0 Å². The molecule has 2 N–H and O–H groups in total. The van der Waals surface area contributed by atoms with Gasteiger partial charge in [0.05, 0.1) is 23.5 Å². The lowest BCUT2D eigenvalue weighted by Gasteiger charge is -2.29. The predicted molar refractivity (Wildman–Crippen MR) is 143 cm³/mol. The van der Waals surface area contributed by atoms with Crippen molar-refractivity contribution in [3.63, 3.8) is 0 Å². The van der Waals surface area contributed by atoms with Crippen molar-refractivity contribution in [2.75, 3.05) is 6.54 Å². The van der Waals surface area contributed by atoms with Crippen molar-refractivity contribution in [1.29, 1.82) is 0 Å². The van der Waals surface area contributed by atoms with E-state index in [-0.39, 0.29) is 23.8 Å². The molecule has 194 valence electrons. The van der Waals surface area contributed by atoms with Gasteiger partial charge in [0, 0.05) is 24.0 Å². The first-order chi connectivity index (χ1) is 17.9. The van der Waals surface area contributed by atoms with Crippen molar-refractivity contribution in [1.82, 2.24) is 9.62 Å². The molecule has 0 saturated carbocycles. The van der Waals surface area contributed by atoms with Gasteiger partial charge in [-0.05, 0) is 63.8 Å². The van der Waals surface area contributed by atoms with Crippen LogP contribution in [0.4, 0.5) is 13.2 Å². The first-order valence-electron chi connectivity index (χ1n) is 11.5. The molecule has 2 unspecified atom stereocenters. The first kappa shape index (κ1) is 27.4. The van der Waals surface area contributed by atoms with Gasteiger partial charge in [0.15, 0.2) is 11.6 Å². The number of nitrogens with zero attached hydrogens (tertiary/aromatic N) is 1. The van der Waals surface area contributed by atoms with Crippen molar-refractivity contribution in [2.45, 2.75) is 36.4 Å². The molecule has 0 aliphatic rings. The maximum atomic E-state index is 14.4. The van der Waals surface area contributed by atoms with Gasteiger partial charge in [0.25, 0.3) is 0 Å². The highest BCUT2D eigenvalue weighted by Gasteiger charge is 2.26. The minimum atomic E-state index is -1.26. The molecule has 0 fully saturated rings. The number of aliphatic hydroxyl groups excluding tert-OH is 1. The summed E-state index contributed by atoms with van der Waals surface area (Å²) in [6.07, 6.45) is -0.462. The number of carbonyl (C=O) groups is 1. The quantitative estimate of drug-likeness (QED) is 0.163. The predicted octanol–water partition coefficient (Wildman–Crippen LogP) is 6.07. The van der Waals surface area contributed by atoms with Crippen LogP contribution in [-0.4, -0.2) is 34.0 Å². The van der Waals surface area contributed by atoms with Crippen molar-refractivity contribution >= 4 is 40.5 Å². The van der Waals surface area contributed by atoms with Crippen molar-refractivity contribution in [3.8, 4) is 0 Å². The Kier molecular flexibility index (Phi) is 9.81. The molecule has 2 atom stereocenters. The Morgan fingerprint density at radius 2 is 1.76 bits per heavy atom. The molecule has 10 heteroatoms. The van der Waals surface area contributed by atoms with E-state index in [1.807, 2.05) is 64.7 Å². The SMILES string of the molecule is O=C(Cc1ccsc1)NC(Cc1ccccc1)C(O)CN(Cc1cccs1)Sc1cc(F)c(F)cc1F. The standard InChI is InChI=1S/C27H25F3N2O2S3/c28-21-13-23(30)26(14-22(21)29)37-32(15-20-7-4-9-36-20)16-25(33)24(11-18-5-2-1-3-6-18)31-27(34)12-19-8-10-35-17-19/h1-10,13-14,17,24-25,33H,11-12,15-16H2,(H,31,34). The van der Waals surface area contributed by atoms with E-state index in [4.69, 9.17) is 0 Å². The number of rotatable bonds is 12. The third-order valence-corrected chi connectivity index (χ3v) is 8.20. The molecular weight excluding hydrogens is 538 g/mol. The number of carbonyl (C=O) groups excluding carboxylic acids is 1. The molecule has 0 radical (unpaired) electrons. The van der Waals surface area contributed by atoms with Crippen LogP contribution < -0.4 is 5.32 Å². The Labute approximate surface area is 225 Å². The van der Waals surface area contributed by atoms with Crippen LogP contribution in [0.25, 0.3) is 0 Å². The number of hydrogen-bond acceptors (Lipinski definition) is 6. The maximum Gasteiger partial charge on any atom is 0.224 e. The second-order valence-electron chi connectivity index (χ2n) is 8.43. The Morgan fingerprint density at radius 1 is 0.973 bits per heavy atom. The number of nitrogens with one attached hydrogen (secondary N) is 1. The third-order valence-electron chi connectivity index (χ3n) is 5.56. The molecule has 0 aliphatic heterocycles. The lowest BCUT2D eigenvalue weighted by atomic mass is 10.0. The molecule has 2 aromatic heterocycles. The summed E-state index contributed by atoms with van der Waals surface area (Å²) in [5, 5.41) is 20.0. The highest BCUT2D eigenvalue weighted by molar-refractivity contribution is 7.97. The van der Waals surface area contributed by atoms with Crippen LogP contribution in [-0.2, 0) is 24.2 Å². The molecule has 0 spiro atoms. The Balaban J connectivity index is 1.53. The van der Waals surface area contributed by atoms with Crippen LogP contribution in [0.1, 0.15) is 16.0 Å². The average molecular weight is 563 g/mol. The van der Waals surface area contributed by atoms with Gasteiger partial charge >= 0.3 is 0 Å². The Bertz CT molecular complexity index is 1270. The van der Waals surface area contributed by atoms with Crippen LogP contribution >= 0.6 is 34.6 Å². The molecule has 2 heterocycles. The van der Waals surface area contributed by atoms with Gasteiger partial charge in [0.1, 0.15) is 5.82 Å². The zero-order valence-corrected chi connectivity index (χ0v) is 22.1. The van der Waals surface area contributed by atoms with Crippen molar-refractivity contribution in [2.24, 2.45) is 0 Å². The van der Waals surface area contributed by atoms with Gasteiger partial charge in [-0.3, -0.25) is 4.79 Å². The smallest absolute Gasteiger partial charge is 0.224 e. The van der Waals surface area contributed by atoms with Crippen LogP contribution in [0.3, 0.4) is 0 Å². The summed E-state index contributed by atoms with van der Waals surface area (Å²) in [4.78, 5) is 13.7. The second-order valence-corrected chi connectivity index (χ2v) is 11.4. The van der Waals surface area contributed by atoms with E-state index < -0.39 is 29.6 Å². The number of benzene rings is 2. The zero-order valence-electron chi connectivity index (χ0n) is 19.6. The normalized spacial score (nSPS) is 13.0. The topological polar surface area (TPSA) is 52.6 Å². The fraction of sp³-hybridized carbons (Fsp3) is 0.222. The van der Waals surface area contributed by atoms with Crippen LogP contribution in [0.2, 0.25) is 0 Å². The number of thiophene rings is 2. The van der Waals surface area contributed by atoms with E-state index in [1.165, 1.54) is 22.7 Å². The summed E-state index contributed by atoms with van der Waals surface area (Å²) in [5.41, 5.74) is 1.82. The zero-order chi connectivity index (χ0) is 26.2. The maximum absolute atomic E-state index is 14.4. The highest BCUT2D eigenvalue weighted by Crippen LogP contribution is 2.30. The largest absolute Gasteiger partial charge is 0.390 e. The molecule has 0 saturated heterocycles. The number of hydrogen-bond donors (Lipinski definition) is 2. The van der Waals surface area contributed by atoms with E-state index in [1.54, 1.807) is 4.31 Å². The minimum Gasteiger partial charge on any atom is -0.390 e. The minimum absolute atomic E-state index is 0.0389.